The zero-order valence-electron chi connectivity index (χ0n) is 16.0. The van der Waals surface area contributed by atoms with Gasteiger partial charge < -0.3 is 14.0 Å². The minimum Gasteiger partial charge on any atom is -0.465 e. The van der Waals surface area contributed by atoms with Crippen molar-refractivity contribution in [2.75, 3.05) is 13.7 Å². The van der Waals surface area contributed by atoms with Crippen LogP contribution in [0.2, 0.25) is 10.0 Å². The van der Waals surface area contributed by atoms with Crippen LogP contribution in [0, 0.1) is 0 Å². The molecule has 0 aliphatic rings. The zero-order valence-corrected chi connectivity index (χ0v) is 18.3. The molecule has 1 amide bonds. The second kappa shape index (κ2) is 9.42. The molecule has 0 aliphatic carbocycles. The summed E-state index contributed by atoms with van der Waals surface area (Å²) in [7, 11) is 1.28. The Labute approximate surface area is 185 Å². The van der Waals surface area contributed by atoms with Gasteiger partial charge in [-0.15, -0.1) is 0 Å². The zero-order chi connectivity index (χ0) is 21.8. The van der Waals surface area contributed by atoms with E-state index >= 15 is 0 Å². The number of nitrogens with zero attached hydrogens (tertiary/aromatic N) is 2. The van der Waals surface area contributed by atoms with Crippen LogP contribution in [0.25, 0.3) is 10.2 Å². The van der Waals surface area contributed by atoms with E-state index in [1.807, 2.05) is 0 Å². The van der Waals surface area contributed by atoms with Gasteiger partial charge in [0.25, 0.3) is 5.91 Å². The van der Waals surface area contributed by atoms with Crippen molar-refractivity contribution >= 4 is 62.6 Å². The normalized spacial score (nSPS) is 11.5. The molecule has 1 aromatic heterocycles. The fraction of sp³-hybridized carbons (Fsp3) is 0.200. The molecular formula is C20H16Cl2N2O5S. The Hall–Kier alpha value is -2.68. The summed E-state index contributed by atoms with van der Waals surface area (Å²) in [5.74, 6) is -1.54. The maximum atomic E-state index is 12.7. The van der Waals surface area contributed by atoms with Gasteiger partial charge in [0.1, 0.15) is 6.54 Å². The van der Waals surface area contributed by atoms with Crippen molar-refractivity contribution in [3.63, 3.8) is 0 Å². The molecule has 0 radical (unpaired) electrons. The number of benzene rings is 2. The molecule has 10 heteroatoms. The van der Waals surface area contributed by atoms with E-state index in [2.05, 4.69) is 9.73 Å². The van der Waals surface area contributed by atoms with Crippen LogP contribution in [0.3, 0.4) is 0 Å². The molecule has 0 spiro atoms. The fourth-order valence-electron chi connectivity index (χ4n) is 2.71. The van der Waals surface area contributed by atoms with Crippen LogP contribution in [-0.4, -0.2) is 36.1 Å². The predicted molar refractivity (Wildman–Crippen MR) is 114 cm³/mol. The second-order valence-electron chi connectivity index (χ2n) is 6.00. The Morgan fingerprint density at radius 3 is 2.40 bits per heavy atom. The number of methoxy groups -OCH3 is 1. The maximum absolute atomic E-state index is 12.7. The number of hydrogen-bond donors (Lipinski definition) is 0. The highest BCUT2D eigenvalue weighted by atomic mass is 35.5. The van der Waals surface area contributed by atoms with Gasteiger partial charge in [0.05, 0.1) is 34.5 Å². The first-order valence-electron chi connectivity index (χ1n) is 8.75. The minimum absolute atomic E-state index is 0.164. The molecule has 0 saturated carbocycles. The molecule has 2 aromatic carbocycles. The van der Waals surface area contributed by atoms with Crippen LogP contribution in [0.1, 0.15) is 27.6 Å². The number of rotatable bonds is 5. The number of fused-ring (bicyclic) bond motifs is 1. The molecule has 0 saturated heterocycles. The molecule has 0 N–H and O–H groups in total. The highest BCUT2D eigenvalue weighted by Crippen LogP contribution is 2.29. The van der Waals surface area contributed by atoms with E-state index in [9.17, 15) is 14.4 Å². The number of halogens is 2. The fourth-order valence-corrected chi connectivity index (χ4v) is 4.53. The van der Waals surface area contributed by atoms with E-state index in [1.165, 1.54) is 47.3 Å². The van der Waals surface area contributed by atoms with E-state index in [4.69, 9.17) is 27.9 Å². The van der Waals surface area contributed by atoms with Gasteiger partial charge in [-0.2, -0.15) is 4.99 Å². The number of carbonyl (C=O) groups is 3. The van der Waals surface area contributed by atoms with Gasteiger partial charge in [0, 0.05) is 10.6 Å². The average Bonchev–Trinajstić information content (AvgIpc) is 3.04. The van der Waals surface area contributed by atoms with Crippen LogP contribution in [-0.2, 0) is 20.8 Å². The van der Waals surface area contributed by atoms with Gasteiger partial charge >= 0.3 is 11.9 Å². The van der Waals surface area contributed by atoms with Gasteiger partial charge in [-0.1, -0.05) is 34.5 Å². The smallest absolute Gasteiger partial charge is 0.337 e. The summed E-state index contributed by atoms with van der Waals surface area (Å²) in [6, 6.07) is 9.14. The summed E-state index contributed by atoms with van der Waals surface area (Å²) in [4.78, 5) is 40.8. The predicted octanol–water partition coefficient (Wildman–Crippen LogP) is 4.10. The topological polar surface area (TPSA) is 87.0 Å². The van der Waals surface area contributed by atoms with Crippen molar-refractivity contribution in [1.82, 2.24) is 4.57 Å². The van der Waals surface area contributed by atoms with Crippen LogP contribution in [0.5, 0.6) is 0 Å². The quantitative estimate of drug-likeness (QED) is 0.528. The van der Waals surface area contributed by atoms with Crippen molar-refractivity contribution in [1.29, 1.82) is 0 Å². The lowest BCUT2D eigenvalue weighted by Gasteiger charge is -2.06. The molecule has 0 fully saturated rings. The Bertz CT molecular complexity index is 1200. The van der Waals surface area contributed by atoms with Crippen molar-refractivity contribution in [3.05, 3.63) is 62.4 Å². The van der Waals surface area contributed by atoms with Gasteiger partial charge in [-0.05, 0) is 43.3 Å². The molecule has 7 nitrogen and oxygen atoms in total. The third kappa shape index (κ3) is 4.72. The van der Waals surface area contributed by atoms with Gasteiger partial charge in [0.15, 0.2) is 4.80 Å². The summed E-state index contributed by atoms with van der Waals surface area (Å²) in [6.07, 6.45) is 0. The standard InChI is InChI=1S/C20H16Cl2N2O5S/c1-3-29-16(25)10-24-17-14(22)8-13(21)9-15(17)30-20(24)23-18(26)11-4-6-12(7-5-11)19(27)28-2/h4-9H,3,10H2,1-2H3. The Morgan fingerprint density at radius 2 is 1.77 bits per heavy atom. The highest BCUT2D eigenvalue weighted by Gasteiger charge is 2.16. The molecular weight excluding hydrogens is 451 g/mol. The molecule has 0 unspecified atom stereocenters. The van der Waals surface area contributed by atoms with Crippen LogP contribution in [0.15, 0.2) is 41.4 Å². The molecule has 0 aliphatic heterocycles. The first kappa shape index (κ1) is 22.0. The van der Waals surface area contributed by atoms with Crippen molar-refractivity contribution in [3.8, 4) is 0 Å². The van der Waals surface area contributed by atoms with Crippen LogP contribution < -0.4 is 4.80 Å². The lowest BCUT2D eigenvalue weighted by atomic mass is 10.1. The van der Waals surface area contributed by atoms with Crippen molar-refractivity contribution in [2.45, 2.75) is 13.5 Å². The number of ether oxygens (including phenoxy) is 2. The monoisotopic (exact) mass is 466 g/mol. The molecule has 156 valence electrons. The van der Waals surface area contributed by atoms with E-state index in [1.54, 1.807) is 19.1 Å². The number of thiazole rings is 1. The van der Waals surface area contributed by atoms with Gasteiger partial charge in [0.2, 0.25) is 0 Å². The molecule has 0 atom stereocenters. The van der Waals surface area contributed by atoms with E-state index in [0.717, 1.165) is 0 Å². The van der Waals surface area contributed by atoms with Crippen LogP contribution >= 0.6 is 34.5 Å². The number of aromatic nitrogens is 1. The molecule has 1 heterocycles. The Kier molecular flexibility index (Phi) is 6.91. The maximum Gasteiger partial charge on any atom is 0.337 e. The third-order valence-corrected chi connectivity index (χ3v) is 5.57. The summed E-state index contributed by atoms with van der Waals surface area (Å²) < 4.78 is 11.9. The van der Waals surface area contributed by atoms with E-state index in [0.29, 0.717) is 25.8 Å². The summed E-state index contributed by atoms with van der Waals surface area (Å²) >= 11 is 13.6. The summed E-state index contributed by atoms with van der Waals surface area (Å²) in [5, 5.41) is 0.752. The average molecular weight is 467 g/mol. The third-order valence-electron chi connectivity index (χ3n) is 4.04. The lowest BCUT2D eigenvalue weighted by molar-refractivity contribution is -0.143. The van der Waals surface area contributed by atoms with Crippen molar-refractivity contribution in [2.24, 2.45) is 4.99 Å². The van der Waals surface area contributed by atoms with Crippen molar-refractivity contribution < 1.29 is 23.9 Å². The number of carbonyl (C=O) groups excluding carboxylic acids is 3. The molecule has 0 bridgehead atoms. The van der Waals surface area contributed by atoms with E-state index in [-0.39, 0.29) is 23.5 Å². The largest absolute Gasteiger partial charge is 0.465 e. The van der Waals surface area contributed by atoms with Gasteiger partial charge in [-0.25, -0.2) is 4.79 Å². The Morgan fingerprint density at radius 1 is 1.10 bits per heavy atom. The SMILES string of the molecule is CCOC(=O)Cn1c(=NC(=O)c2ccc(C(=O)OC)cc2)sc2cc(Cl)cc(Cl)c21. The molecule has 3 aromatic rings. The first-order chi connectivity index (χ1) is 14.3. The minimum atomic E-state index is -0.544. The number of esters is 2. The Balaban J connectivity index is 2.08. The summed E-state index contributed by atoms with van der Waals surface area (Å²) in [6.45, 7) is 1.76. The first-order valence-corrected chi connectivity index (χ1v) is 10.3. The number of amides is 1. The van der Waals surface area contributed by atoms with Crippen LogP contribution in [0.4, 0.5) is 0 Å². The lowest BCUT2D eigenvalue weighted by Crippen LogP contribution is -2.23. The van der Waals surface area contributed by atoms with Gasteiger partial charge in [-0.3, -0.25) is 9.59 Å². The molecule has 30 heavy (non-hydrogen) atoms. The van der Waals surface area contributed by atoms with E-state index < -0.39 is 17.8 Å². The number of hydrogen-bond acceptors (Lipinski definition) is 6. The molecule has 3 rings (SSSR count). The highest BCUT2D eigenvalue weighted by molar-refractivity contribution is 7.16. The second-order valence-corrected chi connectivity index (χ2v) is 7.85. The summed E-state index contributed by atoms with van der Waals surface area (Å²) in [5.41, 5.74) is 1.12.